The van der Waals surface area contributed by atoms with Gasteiger partial charge < -0.3 is 21.1 Å². The summed E-state index contributed by atoms with van der Waals surface area (Å²) in [7, 11) is -3.70. The van der Waals surface area contributed by atoms with E-state index in [1.54, 1.807) is 0 Å². The summed E-state index contributed by atoms with van der Waals surface area (Å²) in [5, 5.41) is 20.7. The standard InChI is InChI=1S/C30H43FN4O4S/c1-21(2)33-24-18-25(29(31)27(19-24)35-15-9-10-16-40(35,38)39)30(37)34-26(17-22-11-5-3-6-12-22)28(36)20-32-23-13-7-4-8-14-23/h3,5-6,11-12,18-19,21,23,26,28,32-33,36H,4,7-10,13-17,20H2,1-2H3,(H,34,37). The number of hydrogen-bond donors (Lipinski definition) is 4. The largest absolute Gasteiger partial charge is 0.390 e. The number of carbonyl (C=O) groups is 1. The SMILES string of the molecule is CC(C)Nc1cc(C(=O)NC(Cc2ccccc2)C(O)CNC2CCCCC2)c(F)c(N2CCCCS2(=O)=O)c1. The van der Waals surface area contributed by atoms with E-state index in [4.69, 9.17) is 0 Å². The van der Waals surface area contributed by atoms with Crippen molar-refractivity contribution in [1.29, 1.82) is 0 Å². The van der Waals surface area contributed by atoms with Crippen LogP contribution >= 0.6 is 0 Å². The van der Waals surface area contributed by atoms with Gasteiger partial charge in [-0.15, -0.1) is 0 Å². The molecule has 0 radical (unpaired) electrons. The number of benzene rings is 2. The van der Waals surface area contributed by atoms with Crippen LogP contribution in [0.2, 0.25) is 0 Å². The summed E-state index contributed by atoms with van der Waals surface area (Å²) < 4.78 is 42.7. The lowest BCUT2D eigenvalue weighted by Gasteiger charge is -2.30. The van der Waals surface area contributed by atoms with Gasteiger partial charge in [-0.3, -0.25) is 9.10 Å². The van der Waals surface area contributed by atoms with E-state index in [1.807, 2.05) is 44.2 Å². The van der Waals surface area contributed by atoms with Crippen LogP contribution in [0.4, 0.5) is 15.8 Å². The van der Waals surface area contributed by atoms with Gasteiger partial charge in [0.05, 0.1) is 29.1 Å². The van der Waals surface area contributed by atoms with Crippen LogP contribution in [-0.4, -0.2) is 62.5 Å². The van der Waals surface area contributed by atoms with Gasteiger partial charge in [0, 0.05) is 30.9 Å². The Morgan fingerprint density at radius 1 is 1.07 bits per heavy atom. The Morgan fingerprint density at radius 2 is 1.80 bits per heavy atom. The number of halogens is 1. The van der Waals surface area contributed by atoms with E-state index in [-0.39, 0.29) is 29.6 Å². The topological polar surface area (TPSA) is 111 Å². The average Bonchev–Trinajstić information content (AvgIpc) is 2.93. The first-order chi connectivity index (χ1) is 19.1. The van der Waals surface area contributed by atoms with Crippen molar-refractivity contribution in [1.82, 2.24) is 10.6 Å². The molecule has 0 spiro atoms. The Hall–Kier alpha value is -2.69. The summed E-state index contributed by atoms with van der Waals surface area (Å²) in [6, 6.07) is 12.0. The van der Waals surface area contributed by atoms with Crippen molar-refractivity contribution in [2.24, 2.45) is 0 Å². The molecule has 1 saturated heterocycles. The molecule has 2 aliphatic rings. The van der Waals surface area contributed by atoms with Crippen molar-refractivity contribution in [2.45, 2.75) is 89.4 Å². The number of sulfonamides is 1. The molecule has 0 bridgehead atoms. The third-order valence-corrected chi connectivity index (χ3v) is 9.53. The maximum atomic E-state index is 16.0. The molecule has 2 unspecified atom stereocenters. The van der Waals surface area contributed by atoms with E-state index in [2.05, 4.69) is 16.0 Å². The molecule has 4 rings (SSSR count). The van der Waals surface area contributed by atoms with Gasteiger partial charge in [-0.05, 0) is 63.6 Å². The van der Waals surface area contributed by atoms with E-state index in [0.29, 0.717) is 37.5 Å². The Bertz CT molecular complexity index is 1240. The predicted octanol–water partition coefficient (Wildman–Crippen LogP) is 4.20. The lowest BCUT2D eigenvalue weighted by molar-refractivity contribution is 0.0817. The van der Waals surface area contributed by atoms with Gasteiger partial charge in [0.1, 0.15) is 0 Å². The molecule has 4 N–H and O–H groups in total. The van der Waals surface area contributed by atoms with Crippen molar-refractivity contribution >= 4 is 27.3 Å². The van der Waals surface area contributed by atoms with E-state index >= 15 is 4.39 Å². The molecule has 2 aromatic rings. The fourth-order valence-electron chi connectivity index (χ4n) is 5.57. The van der Waals surface area contributed by atoms with Gasteiger partial charge in [-0.2, -0.15) is 0 Å². The molecule has 2 fully saturated rings. The number of nitrogens with zero attached hydrogens (tertiary/aromatic N) is 1. The second-order valence-electron chi connectivity index (χ2n) is 11.3. The number of carbonyl (C=O) groups excluding carboxylic acids is 1. The normalized spacial score (nSPS) is 19.3. The van der Waals surface area contributed by atoms with Crippen LogP contribution in [-0.2, 0) is 16.4 Å². The Morgan fingerprint density at radius 3 is 2.48 bits per heavy atom. The first kappa shape index (κ1) is 30.3. The molecular weight excluding hydrogens is 531 g/mol. The highest BCUT2D eigenvalue weighted by Crippen LogP contribution is 2.32. The average molecular weight is 575 g/mol. The van der Waals surface area contributed by atoms with E-state index in [1.165, 1.54) is 18.6 Å². The lowest BCUT2D eigenvalue weighted by atomic mass is 9.95. The minimum absolute atomic E-state index is 0.0225. The highest BCUT2D eigenvalue weighted by Gasteiger charge is 2.32. The van der Waals surface area contributed by atoms with Crippen LogP contribution in [0.3, 0.4) is 0 Å². The predicted molar refractivity (Wildman–Crippen MR) is 158 cm³/mol. The highest BCUT2D eigenvalue weighted by atomic mass is 32.2. The van der Waals surface area contributed by atoms with Crippen LogP contribution in [0.5, 0.6) is 0 Å². The van der Waals surface area contributed by atoms with Crippen LogP contribution < -0.4 is 20.3 Å². The number of hydrogen-bond acceptors (Lipinski definition) is 6. The number of nitrogens with one attached hydrogen (secondary N) is 3. The maximum Gasteiger partial charge on any atom is 0.254 e. The third-order valence-electron chi connectivity index (χ3n) is 7.67. The molecule has 1 saturated carbocycles. The first-order valence-electron chi connectivity index (χ1n) is 14.5. The van der Waals surface area contributed by atoms with Crippen molar-refractivity contribution in [3.8, 4) is 0 Å². The molecule has 0 aromatic heterocycles. The monoisotopic (exact) mass is 574 g/mol. The Labute approximate surface area is 237 Å². The smallest absolute Gasteiger partial charge is 0.254 e. The van der Waals surface area contributed by atoms with E-state index in [9.17, 15) is 18.3 Å². The molecule has 2 aromatic carbocycles. The van der Waals surface area contributed by atoms with Crippen molar-refractivity contribution in [3.05, 3.63) is 59.4 Å². The van der Waals surface area contributed by atoms with Crippen molar-refractivity contribution in [3.63, 3.8) is 0 Å². The molecule has 1 heterocycles. The summed E-state index contributed by atoms with van der Waals surface area (Å²) in [6.07, 6.45) is 6.25. The van der Waals surface area contributed by atoms with Crippen LogP contribution in [0.15, 0.2) is 42.5 Å². The van der Waals surface area contributed by atoms with Gasteiger partial charge in [0.25, 0.3) is 5.91 Å². The Balaban J connectivity index is 1.61. The van der Waals surface area contributed by atoms with Gasteiger partial charge in [0.2, 0.25) is 10.0 Å². The van der Waals surface area contributed by atoms with Gasteiger partial charge in [0.15, 0.2) is 5.82 Å². The lowest BCUT2D eigenvalue weighted by Crippen LogP contribution is -2.50. The van der Waals surface area contributed by atoms with E-state index < -0.39 is 33.9 Å². The minimum atomic E-state index is -3.70. The maximum absolute atomic E-state index is 16.0. The second-order valence-corrected chi connectivity index (χ2v) is 13.3. The fourth-order valence-corrected chi connectivity index (χ4v) is 7.19. The summed E-state index contributed by atoms with van der Waals surface area (Å²) in [6.45, 7) is 4.28. The fraction of sp³-hybridized carbons (Fsp3) is 0.567. The minimum Gasteiger partial charge on any atom is -0.390 e. The molecule has 1 aliphatic carbocycles. The van der Waals surface area contributed by atoms with Crippen molar-refractivity contribution < 1.29 is 22.7 Å². The molecule has 1 amide bonds. The zero-order valence-corrected chi connectivity index (χ0v) is 24.4. The quantitative estimate of drug-likeness (QED) is 0.320. The van der Waals surface area contributed by atoms with Crippen LogP contribution in [0.1, 0.15) is 74.7 Å². The summed E-state index contributed by atoms with van der Waals surface area (Å²) in [4.78, 5) is 13.6. The number of rotatable bonds is 11. The first-order valence-corrected chi connectivity index (χ1v) is 16.1. The van der Waals surface area contributed by atoms with Gasteiger partial charge in [-0.25, -0.2) is 12.8 Å². The highest BCUT2D eigenvalue weighted by molar-refractivity contribution is 7.92. The number of amides is 1. The zero-order chi connectivity index (χ0) is 28.7. The Kier molecular flexibility index (Phi) is 10.4. The van der Waals surface area contributed by atoms with E-state index in [0.717, 1.165) is 35.6 Å². The number of aliphatic hydroxyl groups is 1. The van der Waals surface area contributed by atoms with Gasteiger partial charge >= 0.3 is 0 Å². The summed E-state index contributed by atoms with van der Waals surface area (Å²) in [5.74, 6) is -1.64. The molecule has 10 heteroatoms. The molecule has 2 atom stereocenters. The van der Waals surface area contributed by atoms with Crippen LogP contribution in [0.25, 0.3) is 0 Å². The summed E-state index contributed by atoms with van der Waals surface area (Å²) >= 11 is 0. The van der Waals surface area contributed by atoms with Crippen molar-refractivity contribution in [2.75, 3.05) is 28.5 Å². The zero-order valence-electron chi connectivity index (χ0n) is 23.5. The van der Waals surface area contributed by atoms with Crippen LogP contribution in [0, 0.1) is 5.82 Å². The van der Waals surface area contributed by atoms with Gasteiger partial charge in [-0.1, -0.05) is 49.6 Å². The summed E-state index contributed by atoms with van der Waals surface area (Å²) in [5.41, 5.74) is 0.998. The molecule has 1 aliphatic heterocycles. The third kappa shape index (κ3) is 7.95. The molecule has 220 valence electrons. The number of anilines is 2. The molecule has 8 nitrogen and oxygen atoms in total. The molecule has 40 heavy (non-hydrogen) atoms. The number of aliphatic hydroxyl groups excluding tert-OH is 1. The molecular formula is C30H43FN4O4S. The second kappa shape index (κ2) is 13.8.